The van der Waals surface area contributed by atoms with Crippen LogP contribution in [0.4, 0.5) is 0 Å². The Morgan fingerprint density at radius 3 is 2.78 bits per heavy atom. The van der Waals surface area contributed by atoms with Crippen LogP contribution in [-0.4, -0.2) is 37.1 Å². The molecule has 0 aromatic carbocycles. The third-order valence-corrected chi connectivity index (χ3v) is 5.61. The lowest BCUT2D eigenvalue weighted by Gasteiger charge is -2.29. The highest BCUT2D eigenvalue weighted by molar-refractivity contribution is 8.17. The number of hydrogen-bond acceptors (Lipinski definition) is 4. The molecule has 1 aromatic rings. The zero-order chi connectivity index (χ0) is 16.6. The average molecular weight is 348 g/mol. The highest BCUT2D eigenvalue weighted by atomic mass is 32.2. The minimum Gasteiger partial charge on any atom is -0.337 e. The minimum absolute atomic E-state index is 0.0861. The average Bonchev–Trinajstić information content (AvgIpc) is 3.05. The zero-order valence-electron chi connectivity index (χ0n) is 13.6. The molecule has 7 heteroatoms. The first-order valence-electron chi connectivity index (χ1n) is 7.81. The van der Waals surface area contributed by atoms with Gasteiger partial charge in [0.05, 0.1) is 17.1 Å². The molecule has 0 bridgehead atoms. The SMILES string of the molecule is CCC1=C(C)SC2=NC(=S)N(CCCn3cnc(C)c3)C(=O)C21. The van der Waals surface area contributed by atoms with Crippen LogP contribution in [0.25, 0.3) is 0 Å². The molecule has 0 saturated carbocycles. The molecule has 1 atom stereocenters. The summed E-state index contributed by atoms with van der Waals surface area (Å²) in [5.41, 5.74) is 2.19. The van der Waals surface area contributed by atoms with Gasteiger partial charge in [0.25, 0.3) is 0 Å². The first-order chi connectivity index (χ1) is 11.0. The van der Waals surface area contributed by atoms with Crippen molar-refractivity contribution in [2.45, 2.75) is 40.2 Å². The number of nitrogens with zero attached hydrogens (tertiary/aromatic N) is 4. The van der Waals surface area contributed by atoms with Crippen LogP contribution in [0.3, 0.4) is 0 Å². The van der Waals surface area contributed by atoms with Crippen molar-refractivity contribution in [2.24, 2.45) is 10.9 Å². The standard InChI is InChI=1S/C16H20N4OS2/c1-4-12-11(3)23-14-13(12)15(21)20(16(22)18-14)7-5-6-19-8-10(2)17-9-19/h8-9,13H,4-7H2,1-3H3. The van der Waals surface area contributed by atoms with Gasteiger partial charge in [-0.25, -0.2) is 9.98 Å². The third kappa shape index (κ3) is 3.12. The molecule has 0 spiro atoms. The smallest absolute Gasteiger partial charge is 0.242 e. The Morgan fingerprint density at radius 1 is 1.35 bits per heavy atom. The van der Waals surface area contributed by atoms with Crippen molar-refractivity contribution >= 4 is 40.0 Å². The van der Waals surface area contributed by atoms with Gasteiger partial charge in [-0.05, 0) is 49.4 Å². The molecule has 2 aliphatic heterocycles. The Kier molecular flexibility index (Phi) is 4.68. The number of carbonyl (C=O) groups excluding carboxylic acids is 1. The number of imidazole rings is 1. The van der Waals surface area contributed by atoms with Gasteiger partial charge in [-0.2, -0.15) is 0 Å². The van der Waals surface area contributed by atoms with Gasteiger partial charge in [-0.3, -0.25) is 9.69 Å². The quantitative estimate of drug-likeness (QED) is 0.767. The van der Waals surface area contributed by atoms with Crippen molar-refractivity contribution in [3.63, 3.8) is 0 Å². The predicted molar refractivity (Wildman–Crippen MR) is 97.4 cm³/mol. The molecule has 3 rings (SSSR count). The maximum absolute atomic E-state index is 12.9. The number of aliphatic imine (C=N–C) groups is 1. The topological polar surface area (TPSA) is 50.5 Å². The van der Waals surface area contributed by atoms with E-state index in [9.17, 15) is 4.79 Å². The molecule has 0 fully saturated rings. The largest absolute Gasteiger partial charge is 0.337 e. The summed E-state index contributed by atoms with van der Waals surface area (Å²) in [6.07, 6.45) is 5.53. The van der Waals surface area contributed by atoms with Crippen molar-refractivity contribution in [3.05, 3.63) is 28.7 Å². The van der Waals surface area contributed by atoms with Crippen LogP contribution in [0, 0.1) is 12.8 Å². The van der Waals surface area contributed by atoms with Crippen LogP contribution < -0.4 is 0 Å². The molecule has 23 heavy (non-hydrogen) atoms. The van der Waals surface area contributed by atoms with Crippen LogP contribution >= 0.6 is 24.0 Å². The number of thioether (sulfide) groups is 1. The summed E-state index contributed by atoms with van der Waals surface area (Å²) >= 11 is 6.94. The number of hydrogen-bond donors (Lipinski definition) is 0. The Labute approximate surface area is 145 Å². The molecule has 0 saturated heterocycles. The lowest BCUT2D eigenvalue weighted by atomic mass is 9.95. The summed E-state index contributed by atoms with van der Waals surface area (Å²) in [4.78, 5) is 24.5. The maximum Gasteiger partial charge on any atom is 0.242 e. The van der Waals surface area contributed by atoms with Gasteiger partial charge in [0.1, 0.15) is 5.92 Å². The number of carbonyl (C=O) groups is 1. The van der Waals surface area contributed by atoms with Crippen molar-refractivity contribution in [1.82, 2.24) is 14.5 Å². The molecule has 5 nitrogen and oxygen atoms in total. The number of aromatic nitrogens is 2. The van der Waals surface area contributed by atoms with Crippen molar-refractivity contribution in [3.8, 4) is 0 Å². The summed E-state index contributed by atoms with van der Waals surface area (Å²) in [5.74, 6) is -0.116. The molecule has 1 aromatic heterocycles. The monoisotopic (exact) mass is 348 g/mol. The van der Waals surface area contributed by atoms with Crippen LogP contribution in [0.2, 0.25) is 0 Å². The molecule has 122 valence electrons. The van der Waals surface area contributed by atoms with Crippen molar-refractivity contribution in [1.29, 1.82) is 0 Å². The molecular formula is C16H20N4OS2. The minimum atomic E-state index is -0.202. The van der Waals surface area contributed by atoms with E-state index in [1.54, 1.807) is 16.7 Å². The second-order valence-corrected chi connectivity index (χ2v) is 7.40. The van der Waals surface area contributed by atoms with Gasteiger partial charge in [0, 0.05) is 19.3 Å². The normalized spacial score (nSPS) is 21.1. The van der Waals surface area contributed by atoms with Crippen LogP contribution in [-0.2, 0) is 11.3 Å². The van der Waals surface area contributed by atoms with E-state index in [-0.39, 0.29) is 11.8 Å². The zero-order valence-corrected chi connectivity index (χ0v) is 15.2. The Balaban J connectivity index is 1.69. The lowest BCUT2D eigenvalue weighted by Crippen LogP contribution is -2.45. The highest BCUT2D eigenvalue weighted by Crippen LogP contribution is 2.42. The lowest BCUT2D eigenvalue weighted by molar-refractivity contribution is -0.128. The van der Waals surface area contributed by atoms with Crippen LogP contribution in [0.15, 0.2) is 28.0 Å². The number of allylic oxidation sites excluding steroid dienone is 1. The summed E-state index contributed by atoms with van der Waals surface area (Å²) in [6.45, 7) is 7.54. The van der Waals surface area contributed by atoms with Gasteiger partial charge in [-0.15, -0.1) is 0 Å². The van der Waals surface area contributed by atoms with E-state index < -0.39 is 0 Å². The van der Waals surface area contributed by atoms with Gasteiger partial charge in [0.15, 0.2) is 0 Å². The maximum atomic E-state index is 12.9. The molecule has 0 aliphatic carbocycles. The molecule has 3 heterocycles. The van der Waals surface area contributed by atoms with Crippen LogP contribution in [0.1, 0.15) is 32.4 Å². The molecule has 0 radical (unpaired) electrons. The summed E-state index contributed by atoms with van der Waals surface area (Å²) < 4.78 is 2.04. The van der Waals surface area contributed by atoms with Gasteiger partial charge in [0.2, 0.25) is 11.0 Å². The summed E-state index contributed by atoms with van der Waals surface area (Å²) in [6, 6.07) is 0. The van der Waals surface area contributed by atoms with Crippen LogP contribution in [0.5, 0.6) is 0 Å². The number of aryl methyl sites for hydroxylation is 2. The van der Waals surface area contributed by atoms with E-state index in [0.29, 0.717) is 11.7 Å². The number of thiocarbonyl (C=S) groups is 1. The highest BCUT2D eigenvalue weighted by Gasteiger charge is 2.41. The third-order valence-electron chi connectivity index (χ3n) is 4.20. The van der Waals surface area contributed by atoms with Crippen molar-refractivity contribution in [2.75, 3.05) is 6.54 Å². The fraction of sp³-hybridized carbons (Fsp3) is 0.500. The first-order valence-corrected chi connectivity index (χ1v) is 9.03. The molecule has 2 aliphatic rings. The van der Waals surface area contributed by atoms with E-state index in [0.717, 1.165) is 30.1 Å². The molecular weight excluding hydrogens is 328 g/mol. The fourth-order valence-electron chi connectivity index (χ4n) is 3.04. The Morgan fingerprint density at radius 2 is 2.13 bits per heavy atom. The Bertz CT molecular complexity index is 719. The number of fused-ring (bicyclic) bond motifs is 1. The van der Waals surface area contributed by atoms with E-state index >= 15 is 0 Å². The fourth-order valence-corrected chi connectivity index (χ4v) is 4.58. The second kappa shape index (κ2) is 6.57. The van der Waals surface area contributed by atoms with E-state index in [1.807, 2.05) is 24.0 Å². The molecule has 1 amide bonds. The predicted octanol–water partition coefficient (Wildman–Crippen LogP) is 3.15. The van der Waals surface area contributed by atoms with E-state index in [1.165, 1.54) is 10.5 Å². The van der Waals surface area contributed by atoms with E-state index in [4.69, 9.17) is 12.2 Å². The molecule has 0 N–H and O–H groups in total. The van der Waals surface area contributed by atoms with Gasteiger partial charge in [-0.1, -0.05) is 18.7 Å². The number of rotatable bonds is 5. The van der Waals surface area contributed by atoms with Crippen molar-refractivity contribution < 1.29 is 4.79 Å². The first kappa shape index (κ1) is 16.4. The Hall–Kier alpha value is -1.47. The summed E-state index contributed by atoms with van der Waals surface area (Å²) in [7, 11) is 0. The van der Waals surface area contributed by atoms with Gasteiger partial charge < -0.3 is 4.57 Å². The number of amides is 1. The summed E-state index contributed by atoms with van der Waals surface area (Å²) in [5, 5.41) is 1.26. The second-order valence-electron chi connectivity index (χ2n) is 5.80. The molecule has 1 unspecified atom stereocenters. The van der Waals surface area contributed by atoms with Gasteiger partial charge >= 0.3 is 0 Å². The van der Waals surface area contributed by atoms with E-state index in [2.05, 4.69) is 23.8 Å².